The smallest absolute Gasteiger partial charge is 0.308 e. The van der Waals surface area contributed by atoms with Crippen LogP contribution in [0.1, 0.15) is 86.0 Å². The molecule has 0 heterocycles. The van der Waals surface area contributed by atoms with E-state index in [1.54, 1.807) is 0 Å². The molecule has 31 heavy (non-hydrogen) atoms. The number of carbonyl (C=O) groups is 1. The number of aliphatic hydroxyl groups excluding tert-OH is 2. The van der Waals surface area contributed by atoms with Crippen LogP contribution in [0, 0.1) is 58.2 Å². The van der Waals surface area contributed by atoms with Crippen LogP contribution >= 0.6 is 0 Å². The standard InChI is InChI=1S/C27H46O4/c1-15(13-16(2)25(30)31-6)19-7-8-20-23-21(10-12-26(19,20)4)27(5)11-9-18(28)14-22(27)17(3)24(23)29/h15-24,28-29H,7-14H2,1-6H3/t15-,16?,17-,18-,19-,20+,21+,22+,23+,24-,26-,27-/m1/s1. The maximum Gasteiger partial charge on any atom is 0.308 e. The van der Waals surface area contributed by atoms with Crippen LogP contribution in [0.3, 0.4) is 0 Å². The summed E-state index contributed by atoms with van der Waals surface area (Å²) in [5, 5.41) is 22.0. The Hall–Kier alpha value is -0.610. The van der Waals surface area contributed by atoms with Crippen molar-refractivity contribution in [3.8, 4) is 0 Å². The second-order valence-corrected chi connectivity index (χ2v) is 12.5. The Labute approximate surface area is 189 Å². The summed E-state index contributed by atoms with van der Waals surface area (Å²) in [5.41, 5.74) is 0.515. The highest BCUT2D eigenvalue weighted by Gasteiger charge is 2.64. The van der Waals surface area contributed by atoms with Crippen LogP contribution in [0.2, 0.25) is 0 Å². The number of aliphatic hydroxyl groups is 2. The zero-order valence-electron chi connectivity index (χ0n) is 20.6. The predicted molar refractivity (Wildman–Crippen MR) is 122 cm³/mol. The van der Waals surface area contributed by atoms with Gasteiger partial charge >= 0.3 is 5.97 Å². The summed E-state index contributed by atoms with van der Waals surface area (Å²) in [6, 6.07) is 0. The van der Waals surface area contributed by atoms with E-state index in [0.29, 0.717) is 35.5 Å². The Morgan fingerprint density at radius 3 is 2.32 bits per heavy atom. The van der Waals surface area contributed by atoms with E-state index in [1.807, 2.05) is 6.92 Å². The summed E-state index contributed by atoms with van der Waals surface area (Å²) in [4.78, 5) is 12.0. The molecule has 4 aliphatic carbocycles. The molecule has 1 unspecified atom stereocenters. The molecule has 4 saturated carbocycles. The van der Waals surface area contributed by atoms with Crippen LogP contribution in [0.25, 0.3) is 0 Å². The number of ether oxygens (including phenoxy) is 1. The van der Waals surface area contributed by atoms with Crippen molar-refractivity contribution >= 4 is 5.97 Å². The average molecular weight is 435 g/mol. The zero-order valence-corrected chi connectivity index (χ0v) is 20.6. The first-order chi connectivity index (χ1) is 14.5. The molecule has 0 aromatic rings. The van der Waals surface area contributed by atoms with E-state index in [-0.39, 0.29) is 40.8 Å². The molecular weight excluding hydrogens is 388 g/mol. The van der Waals surface area contributed by atoms with E-state index >= 15 is 0 Å². The van der Waals surface area contributed by atoms with E-state index in [2.05, 4.69) is 27.7 Å². The second-order valence-electron chi connectivity index (χ2n) is 12.5. The minimum atomic E-state index is -0.249. The normalized spacial score (nSPS) is 51.2. The molecule has 0 bridgehead atoms. The van der Waals surface area contributed by atoms with Crippen molar-refractivity contribution in [2.45, 2.75) is 98.2 Å². The number of hydrogen-bond acceptors (Lipinski definition) is 4. The van der Waals surface area contributed by atoms with E-state index in [4.69, 9.17) is 4.74 Å². The molecule has 0 radical (unpaired) electrons. The molecule has 4 aliphatic rings. The molecule has 178 valence electrons. The quantitative estimate of drug-likeness (QED) is 0.607. The Bertz CT molecular complexity index is 678. The first kappa shape index (κ1) is 23.5. The zero-order chi connectivity index (χ0) is 22.7. The van der Waals surface area contributed by atoms with Gasteiger partial charge in [-0.15, -0.1) is 0 Å². The van der Waals surface area contributed by atoms with Crippen molar-refractivity contribution in [2.24, 2.45) is 58.2 Å². The summed E-state index contributed by atoms with van der Waals surface area (Å²) in [5.74, 6) is 3.22. The fourth-order valence-corrected chi connectivity index (χ4v) is 9.64. The van der Waals surface area contributed by atoms with Crippen molar-refractivity contribution in [1.82, 2.24) is 0 Å². The number of methoxy groups -OCH3 is 1. The number of esters is 1. The van der Waals surface area contributed by atoms with Crippen molar-refractivity contribution in [3.05, 3.63) is 0 Å². The Kier molecular flexibility index (Phi) is 6.31. The van der Waals surface area contributed by atoms with Crippen molar-refractivity contribution in [2.75, 3.05) is 7.11 Å². The van der Waals surface area contributed by atoms with Crippen molar-refractivity contribution < 1.29 is 19.7 Å². The number of rotatable bonds is 4. The van der Waals surface area contributed by atoms with Gasteiger partial charge in [0.05, 0.1) is 25.2 Å². The summed E-state index contributed by atoms with van der Waals surface area (Å²) < 4.78 is 4.98. The van der Waals surface area contributed by atoms with Crippen molar-refractivity contribution in [3.63, 3.8) is 0 Å². The lowest BCUT2D eigenvalue weighted by atomic mass is 9.42. The number of hydrogen-bond donors (Lipinski definition) is 2. The van der Waals surface area contributed by atoms with Gasteiger partial charge in [-0.05, 0) is 104 Å². The summed E-state index contributed by atoms with van der Waals surface area (Å²) in [7, 11) is 1.49. The molecular formula is C27H46O4. The van der Waals surface area contributed by atoms with E-state index < -0.39 is 0 Å². The number of fused-ring (bicyclic) bond motifs is 5. The molecule has 2 N–H and O–H groups in total. The van der Waals surface area contributed by atoms with Gasteiger partial charge in [-0.3, -0.25) is 4.79 Å². The summed E-state index contributed by atoms with van der Waals surface area (Å²) in [6.07, 6.45) is 8.24. The SMILES string of the molecule is COC(=O)C(C)C[C@@H](C)[C@H]1CC[C@H]2[C@@H]3[C@H](O)[C@H](C)[C@@H]4C[C@H](O)CC[C@]4(C)[C@H]3CC[C@]12C. The molecule has 0 aliphatic heterocycles. The van der Waals surface area contributed by atoms with Gasteiger partial charge in [0.2, 0.25) is 0 Å². The molecule has 4 nitrogen and oxygen atoms in total. The first-order valence-electron chi connectivity index (χ1n) is 13.0. The Morgan fingerprint density at radius 1 is 1.00 bits per heavy atom. The molecule has 0 amide bonds. The highest BCUT2D eigenvalue weighted by Crippen LogP contribution is 2.69. The van der Waals surface area contributed by atoms with Gasteiger partial charge in [0.1, 0.15) is 0 Å². The lowest BCUT2D eigenvalue weighted by molar-refractivity contribution is -0.199. The van der Waals surface area contributed by atoms with Crippen LogP contribution in [-0.4, -0.2) is 35.5 Å². The van der Waals surface area contributed by atoms with Gasteiger partial charge in [-0.25, -0.2) is 0 Å². The Balaban J connectivity index is 1.57. The summed E-state index contributed by atoms with van der Waals surface area (Å²) >= 11 is 0. The maximum absolute atomic E-state index is 12.0. The lowest BCUT2D eigenvalue weighted by Crippen LogP contribution is -2.61. The van der Waals surface area contributed by atoms with Gasteiger partial charge in [0.25, 0.3) is 0 Å². The molecule has 0 saturated heterocycles. The molecule has 4 heteroatoms. The minimum Gasteiger partial charge on any atom is -0.469 e. The molecule has 12 atom stereocenters. The fourth-order valence-electron chi connectivity index (χ4n) is 9.64. The van der Waals surface area contributed by atoms with Gasteiger partial charge in [-0.2, -0.15) is 0 Å². The largest absolute Gasteiger partial charge is 0.469 e. The van der Waals surface area contributed by atoms with Gasteiger partial charge in [-0.1, -0.05) is 34.6 Å². The molecule has 0 aromatic carbocycles. The van der Waals surface area contributed by atoms with Crippen LogP contribution in [-0.2, 0) is 9.53 Å². The van der Waals surface area contributed by atoms with E-state index in [1.165, 1.54) is 32.8 Å². The molecule has 0 spiro atoms. The highest BCUT2D eigenvalue weighted by atomic mass is 16.5. The van der Waals surface area contributed by atoms with Crippen LogP contribution in [0.15, 0.2) is 0 Å². The highest BCUT2D eigenvalue weighted by molar-refractivity contribution is 5.71. The maximum atomic E-state index is 12.0. The third kappa shape index (κ3) is 3.59. The predicted octanol–water partition coefficient (Wildman–Crippen LogP) is 5.06. The van der Waals surface area contributed by atoms with Crippen LogP contribution < -0.4 is 0 Å². The topological polar surface area (TPSA) is 66.8 Å². The van der Waals surface area contributed by atoms with E-state index in [0.717, 1.165) is 25.7 Å². The lowest BCUT2D eigenvalue weighted by Gasteiger charge is -2.64. The van der Waals surface area contributed by atoms with Crippen LogP contribution in [0.4, 0.5) is 0 Å². The number of carbonyl (C=O) groups excluding carboxylic acids is 1. The van der Waals surface area contributed by atoms with Gasteiger partial charge < -0.3 is 14.9 Å². The fraction of sp³-hybridized carbons (Fsp3) is 0.963. The average Bonchev–Trinajstić information content (AvgIpc) is 3.09. The van der Waals surface area contributed by atoms with Gasteiger partial charge in [0, 0.05) is 0 Å². The third-order valence-corrected chi connectivity index (χ3v) is 11.2. The minimum absolute atomic E-state index is 0.0485. The third-order valence-electron chi connectivity index (χ3n) is 11.2. The van der Waals surface area contributed by atoms with E-state index in [9.17, 15) is 15.0 Å². The Morgan fingerprint density at radius 2 is 1.65 bits per heavy atom. The first-order valence-corrected chi connectivity index (χ1v) is 13.0. The monoisotopic (exact) mass is 434 g/mol. The second kappa shape index (κ2) is 8.31. The molecule has 4 rings (SSSR count). The molecule has 0 aromatic heterocycles. The van der Waals surface area contributed by atoms with Gasteiger partial charge in [0.15, 0.2) is 0 Å². The summed E-state index contributed by atoms with van der Waals surface area (Å²) in [6.45, 7) is 11.6. The van der Waals surface area contributed by atoms with Crippen LogP contribution in [0.5, 0.6) is 0 Å². The van der Waals surface area contributed by atoms with Crippen molar-refractivity contribution in [1.29, 1.82) is 0 Å². The molecule has 4 fully saturated rings.